The van der Waals surface area contributed by atoms with Crippen LogP contribution in [0, 0.1) is 0 Å². The van der Waals surface area contributed by atoms with Crippen LogP contribution in [0.1, 0.15) is 27.2 Å². The van der Waals surface area contributed by atoms with Crippen LogP contribution in [0.5, 0.6) is 0 Å². The van der Waals surface area contributed by atoms with Gasteiger partial charge in [0.1, 0.15) is 6.10 Å². The van der Waals surface area contributed by atoms with Crippen LogP contribution in [0.15, 0.2) is 12.7 Å². The first-order valence-corrected chi connectivity index (χ1v) is 4.61. The molecule has 1 fully saturated rings. The molecule has 1 rings (SSSR count). The third kappa shape index (κ3) is 2.53. The topological polar surface area (TPSA) is 38.7 Å². The van der Waals surface area contributed by atoms with Crippen molar-refractivity contribution in [3.05, 3.63) is 12.7 Å². The summed E-state index contributed by atoms with van der Waals surface area (Å²) < 4.78 is 11.1. The second kappa shape index (κ2) is 3.78. The summed E-state index contributed by atoms with van der Waals surface area (Å²) in [7, 11) is 0. The number of ether oxygens (including phenoxy) is 2. The van der Waals surface area contributed by atoms with Crippen molar-refractivity contribution < 1.29 is 14.6 Å². The average Bonchev–Trinajstić information content (AvgIpc) is 2.25. The maximum atomic E-state index is 9.68. The Kier molecular flexibility index (Phi) is 3.11. The van der Waals surface area contributed by atoms with Gasteiger partial charge in [-0.05, 0) is 27.2 Å². The van der Waals surface area contributed by atoms with Gasteiger partial charge in [0.2, 0.25) is 0 Å². The van der Waals surface area contributed by atoms with E-state index in [1.165, 1.54) is 0 Å². The average molecular weight is 186 g/mol. The second-order valence-electron chi connectivity index (χ2n) is 3.90. The van der Waals surface area contributed by atoms with Gasteiger partial charge in [-0.2, -0.15) is 0 Å². The van der Waals surface area contributed by atoms with Gasteiger partial charge >= 0.3 is 0 Å². The van der Waals surface area contributed by atoms with Gasteiger partial charge in [0.05, 0.1) is 12.2 Å². The molecule has 0 aliphatic carbocycles. The molecule has 0 aromatic carbocycles. The molecule has 76 valence electrons. The fourth-order valence-electron chi connectivity index (χ4n) is 1.66. The molecule has 0 aromatic heterocycles. The maximum Gasteiger partial charge on any atom is 0.163 e. The zero-order valence-electron chi connectivity index (χ0n) is 8.49. The first kappa shape index (κ1) is 10.7. The minimum atomic E-state index is -0.577. The van der Waals surface area contributed by atoms with Crippen LogP contribution in [0.3, 0.4) is 0 Å². The Labute approximate surface area is 79.3 Å². The Morgan fingerprint density at radius 1 is 1.54 bits per heavy atom. The summed E-state index contributed by atoms with van der Waals surface area (Å²) in [6.07, 6.45) is 1.40. The summed E-state index contributed by atoms with van der Waals surface area (Å²) in [6.45, 7) is 9.19. The highest BCUT2D eigenvalue weighted by Gasteiger charge is 2.41. The monoisotopic (exact) mass is 186 g/mol. The number of hydrogen-bond donors (Lipinski definition) is 1. The van der Waals surface area contributed by atoms with Crippen molar-refractivity contribution in [3.8, 4) is 0 Å². The van der Waals surface area contributed by atoms with E-state index in [1.807, 2.05) is 20.8 Å². The minimum absolute atomic E-state index is 0.0649. The molecule has 1 heterocycles. The van der Waals surface area contributed by atoms with Crippen LogP contribution >= 0.6 is 0 Å². The van der Waals surface area contributed by atoms with Gasteiger partial charge < -0.3 is 14.6 Å². The summed E-state index contributed by atoms with van der Waals surface area (Å²) in [4.78, 5) is 0. The molecule has 0 aromatic rings. The molecular formula is C10H18O3. The van der Waals surface area contributed by atoms with E-state index in [0.717, 1.165) is 0 Å². The Balaban J connectivity index is 2.56. The van der Waals surface area contributed by atoms with Crippen molar-refractivity contribution in [2.24, 2.45) is 0 Å². The van der Waals surface area contributed by atoms with E-state index in [-0.39, 0.29) is 12.2 Å². The Morgan fingerprint density at radius 3 is 2.54 bits per heavy atom. The molecule has 0 bridgehead atoms. The van der Waals surface area contributed by atoms with Gasteiger partial charge in [-0.1, -0.05) is 6.08 Å². The normalized spacial score (nSPS) is 34.5. The van der Waals surface area contributed by atoms with Crippen LogP contribution in [-0.4, -0.2) is 29.2 Å². The van der Waals surface area contributed by atoms with Crippen LogP contribution in [0.4, 0.5) is 0 Å². The highest BCUT2D eigenvalue weighted by molar-refractivity contribution is 4.87. The molecule has 1 saturated heterocycles. The number of aliphatic hydroxyl groups is 1. The first-order valence-electron chi connectivity index (χ1n) is 4.61. The Hall–Kier alpha value is -0.380. The number of rotatable bonds is 3. The smallest absolute Gasteiger partial charge is 0.163 e. The fraction of sp³-hybridized carbons (Fsp3) is 0.800. The first-order chi connectivity index (χ1) is 5.96. The van der Waals surface area contributed by atoms with Crippen LogP contribution < -0.4 is 0 Å². The summed E-state index contributed by atoms with van der Waals surface area (Å²) in [5.41, 5.74) is 0. The van der Waals surface area contributed by atoms with E-state index >= 15 is 0 Å². The van der Waals surface area contributed by atoms with E-state index < -0.39 is 11.9 Å². The largest absolute Gasteiger partial charge is 0.390 e. The van der Waals surface area contributed by atoms with E-state index in [2.05, 4.69) is 6.58 Å². The second-order valence-corrected chi connectivity index (χ2v) is 3.90. The van der Waals surface area contributed by atoms with Gasteiger partial charge in [-0.15, -0.1) is 6.58 Å². The van der Waals surface area contributed by atoms with Crippen molar-refractivity contribution in [2.75, 3.05) is 0 Å². The minimum Gasteiger partial charge on any atom is -0.390 e. The van der Waals surface area contributed by atoms with Gasteiger partial charge in [0, 0.05) is 0 Å². The highest BCUT2D eigenvalue weighted by atomic mass is 16.8. The highest BCUT2D eigenvalue weighted by Crippen LogP contribution is 2.30. The summed E-state index contributed by atoms with van der Waals surface area (Å²) in [5, 5.41) is 9.68. The molecule has 1 aliphatic heterocycles. The molecule has 3 nitrogen and oxygen atoms in total. The predicted molar refractivity (Wildman–Crippen MR) is 50.3 cm³/mol. The quantitative estimate of drug-likeness (QED) is 0.678. The lowest BCUT2D eigenvalue weighted by molar-refractivity contribution is -0.154. The van der Waals surface area contributed by atoms with Crippen molar-refractivity contribution in [3.63, 3.8) is 0 Å². The van der Waals surface area contributed by atoms with Crippen molar-refractivity contribution >= 4 is 0 Å². The molecular weight excluding hydrogens is 168 g/mol. The van der Waals surface area contributed by atoms with Gasteiger partial charge in [0.25, 0.3) is 0 Å². The molecule has 3 heteroatoms. The molecule has 3 atom stereocenters. The zero-order valence-corrected chi connectivity index (χ0v) is 8.49. The Bertz CT molecular complexity index is 189. The summed E-state index contributed by atoms with van der Waals surface area (Å²) >= 11 is 0. The van der Waals surface area contributed by atoms with Crippen LogP contribution in [0.25, 0.3) is 0 Å². The standard InChI is InChI=1S/C10H18O3/c1-5-6-8(11)9-7(2)12-10(3,4)13-9/h5,7-9,11H,1,6H2,2-4H3/t7-,8-,9+/m1/s1. The molecule has 1 aliphatic rings. The van der Waals surface area contributed by atoms with Crippen LogP contribution in [0.2, 0.25) is 0 Å². The van der Waals surface area contributed by atoms with Gasteiger partial charge in [0.15, 0.2) is 5.79 Å². The number of hydrogen-bond acceptors (Lipinski definition) is 3. The van der Waals surface area contributed by atoms with E-state index in [0.29, 0.717) is 6.42 Å². The lowest BCUT2D eigenvalue weighted by atomic mass is 10.1. The van der Waals surface area contributed by atoms with Crippen molar-refractivity contribution in [1.29, 1.82) is 0 Å². The zero-order chi connectivity index (χ0) is 10.1. The molecule has 13 heavy (non-hydrogen) atoms. The maximum absolute atomic E-state index is 9.68. The van der Waals surface area contributed by atoms with Gasteiger partial charge in [-0.3, -0.25) is 0 Å². The lowest BCUT2D eigenvalue weighted by Gasteiger charge is -2.20. The molecule has 0 unspecified atom stereocenters. The van der Waals surface area contributed by atoms with Crippen molar-refractivity contribution in [2.45, 2.75) is 51.3 Å². The summed E-state index contributed by atoms with van der Waals surface area (Å²) in [5.74, 6) is -0.577. The van der Waals surface area contributed by atoms with E-state index in [1.54, 1.807) is 6.08 Å². The van der Waals surface area contributed by atoms with E-state index in [4.69, 9.17) is 9.47 Å². The molecule has 0 amide bonds. The third-order valence-electron chi connectivity index (χ3n) is 2.14. The summed E-state index contributed by atoms with van der Waals surface area (Å²) in [6, 6.07) is 0. The SMILES string of the molecule is C=CC[C@@H](O)[C@H]1OC(C)(C)O[C@@H]1C. The lowest BCUT2D eigenvalue weighted by Crippen LogP contribution is -2.33. The molecule has 0 saturated carbocycles. The van der Waals surface area contributed by atoms with Gasteiger partial charge in [-0.25, -0.2) is 0 Å². The Morgan fingerprint density at radius 2 is 2.15 bits per heavy atom. The molecule has 0 spiro atoms. The molecule has 1 N–H and O–H groups in total. The predicted octanol–water partition coefficient (Wildman–Crippen LogP) is 1.46. The van der Waals surface area contributed by atoms with Crippen LogP contribution in [-0.2, 0) is 9.47 Å². The fourth-order valence-corrected chi connectivity index (χ4v) is 1.66. The number of aliphatic hydroxyl groups excluding tert-OH is 1. The van der Waals surface area contributed by atoms with E-state index in [9.17, 15) is 5.11 Å². The van der Waals surface area contributed by atoms with Crippen molar-refractivity contribution in [1.82, 2.24) is 0 Å². The third-order valence-corrected chi connectivity index (χ3v) is 2.14. The molecule has 0 radical (unpaired) electrons.